The Morgan fingerprint density at radius 3 is 2.83 bits per heavy atom. The number of pyridine rings is 1. The summed E-state index contributed by atoms with van der Waals surface area (Å²) < 4.78 is 0.892. The molecule has 6 heteroatoms. The maximum absolute atomic E-state index is 10.9. The van der Waals surface area contributed by atoms with Crippen LogP contribution in [0.15, 0.2) is 12.3 Å². The van der Waals surface area contributed by atoms with E-state index in [0.29, 0.717) is 0 Å². The van der Waals surface area contributed by atoms with Crippen molar-refractivity contribution < 1.29 is 9.90 Å². The van der Waals surface area contributed by atoms with Crippen LogP contribution in [-0.4, -0.2) is 34.1 Å². The topological polar surface area (TPSA) is 66.3 Å². The first-order valence-corrected chi connectivity index (χ1v) is 6.80. The number of rotatable bonds is 2. The van der Waals surface area contributed by atoms with Crippen LogP contribution in [0.25, 0.3) is 10.2 Å². The third-order valence-electron chi connectivity index (χ3n) is 3.11. The fraction of sp³-hybridized carbons (Fsp3) is 0.417. The van der Waals surface area contributed by atoms with Crippen LogP contribution in [0.1, 0.15) is 29.8 Å². The number of carboxylic acids is 1. The van der Waals surface area contributed by atoms with E-state index in [-0.39, 0.29) is 5.69 Å². The molecule has 1 aliphatic heterocycles. The van der Waals surface area contributed by atoms with Crippen LogP contribution < -0.4 is 4.90 Å². The molecule has 0 unspecified atom stereocenters. The normalized spacial score (nSPS) is 16.1. The summed E-state index contributed by atoms with van der Waals surface area (Å²) in [6, 6.07) is 1.60. The zero-order valence-electron chi connectivity index (χ0n) is 9.80. The van der Waals surface area contributed by atoms with Crippen LogP contribution in [0, 0.1) is 0 Å². The van der Waals surface area contributed by atoms with Crippen LogP contribution in [0.3, 0.4) is 0 Å². The Morgan fingerprint density at radius 2 is 2.11 bits per heavy atom. The second kappa shape index (κ2) is 4.53. The minimum absolute atomic E-state index is 0.0799. The van der Waals surface area contributed by atoms with Gasteiger partial charge in [-0.25, -0.2) is 14.8 Å². The van der Waals surface area contributed by atoms with Crippen molar-refractivity contribution in [3.63, 3.8) is 0 Å². The van der Waals surface area contributed by atoms with Crippen LogP contribution in [0.5, 0.6) is 0 Å². The summed E-state index contributed by atoms with van der Waals surface area (Å²) >= 11 is 1.55. The van der Waals surface area contributed by atoms with Crippen LogP contribution in [-0.2, 0) is 0 Å². The highest BCUT2D eigenvalue weighted by atomic mass is 32.1. The van der Waals surface area contributed by atoms with Gasteiger partial charge in [-0.05, 0) is 25.3 Å². The third-order valence-corrected chi connectivity index (χ3v) is 4.19. The van der Waals surface area contributed by atoms with E-state index in [4.69, 9.17) is 5.11 Å². The summed E-state index contributed by atoms with van der Waals surface area (Å²) in [5.41, 5.74) is 0.863. The summed E-state index contributed by atoms with van der Waals surface area (Å²) in [5, 5.41) is 9.89. The first-order chi connectivity index (χ1) is 8.74. The molecule has 1 saturated heterocycles. The van der Waals surface area contributed by atoms with Gasteiger partial charge >= 0.3 is 5.97 Å². The molecule has 94 valence electrons. The quantitative estimate of drug-likeness (QED) is 0.901. The van der Waals surface area contributed by atoms with Crippen molar-refractivity contribution in [1.29, 1.82) is 0 Å². The molecule has 0 spiro atoms. The smallest absolute Gasteiger partial charge is 0.354 e. The molecule has 5 nitrogen and oxygen atoms in total. The van der Waals surface area contributed by atoms with Crippen molar-refractivity contribution in [2.45, 2.75) is 19.3 Å². The van der Waals surface area contributed by atoms with Gasteiger partial charge in [0.25, 0.3) is 0 Å². The molecule has 3 rings (SSSR count). The first kappa shape index (κ1) is 11.4. The van der Waals surface area contributed by atoms with Gasteiger partial charge in [0.05, 0.1) is 10.9 Å². The van der Waals surface area contributed by atoms with Crippen LogP contribution >= 0.6 is 11.3 Å². The Balaban J connectivity index is 1.97. The average molecular weight is 263 g/mol. The summed E-state index contributed by atoms with van der Waals surface area (Å²) in [6.45, 7) is 2.08. The van der Waals surface area contributed by atoms with E-state index in [1.54, 1.807) is 23.6 Å². The van der Waals surface area contributed by atoms with Gasteiger partial charge in [0.2, 0.25) is 0 Å². The molecular formula is C12H13N3O2S. The summed E-state index contributed by atoms with van der Waals surface area (Å²) in [4.78, 5) is 21.6. The summed E-state index contributed by atoms with van der Waals surface area (Å²) in [7, 11) is 0. The van der Waals surface area contributed by atoms with E-state index in [0.717, 1.165) is 28.4 Å². The van der Waals surface area contributed by atoms with Crippen molar-refractivity contribution in [3.05, 3.63) is 18.0 Å². The van der Waals surface area contributed by atoms with Gasteiger partial charge in [-0.3, -0.25) is 0 Å². The highest BCUT2D eigenvalue weighted by molar-refractivity contribution is 7.22. The number of aromatic nitrogens is 2. The largest absolute Gasteiger partial charge is 0.477 e. The highest BCUT2D eigenvalue weighted by Crippen LogP contribution is 2.30. The number of fused-ring (bicyclic) bond motifs is 1. The summed E-state index contributed by atoms with van der Waals surface area (Å²) in [6.07, 6.45) is 5.23. The number of thiazole rings is 1. The molecule has 0 aliphatic carbocycles. The zero-order valence-corrected chi connectivity index (χ0v) is 10.6. The molecular weight excluding hydrogens is 250 g/mol. The Hall–Kier alpha value is -1.69. The van der Waals surface area contributed by atoms with Gasteiger partial charge in [0, 0.05) is 13.1 Å². The molecule has 0 saturated carbocycles. The van der Waals surface area contributed by atoms with Gasteiger partial charge < -0.3 is 10.0 Å². The molecule has 2 aromatic rings. The lowest BCUT2D eigenvalue weighted by atomic mass is 10.1. The highest BCUT2D eigenvalue weighted by Gasteiger charge is 2.16. The maximum atomic E-state index is 10.9. The van der Waals surface area contributed by atoms with Crippen LogP contribution in [0.4, 0.5) is 5.13 Å². The fourth-order valence-corrected chi connectivity index (χ4v) is 3.18. The molecule has 0 atom stereocenters. The molecule has 0 aromatic carbocycles. The van der Waals surface area contributed by atoms with Crippen molar-refractivity contribution in [3.8, 4) is 0 Å². The molecule has 2 aromatic heterocycles. The van der Waals surface area contributed by atoms with E-state index < -0.39 is 5.97 Å². The standard InChI is InChI=1S/C12H13N3O2S/c16-11(17)8-6-10-9(7-13-8)14-12(18-10)15-4-2-1-3-5-15/h6-7H,1-5H2,(H,16,17). The molecule has 1 aliphatic rings. The van der Waals surface area contributed by atoms with E-state index in [2.05, 4.69) is 14.9 Å². The molecule has 1 fully saturated rings. The first-order valence-electron chi connectivity index (χ1n) is 5.99. The number of hydrogen-bond donors (Lipinski definition) is 1. The van der Waals surface area contributed by atoms with Crippen molar-refractivity contribution >= 4 is 32.7 Å². The van der Waals surface area contributed by atoms with Crippen molar-refractivity contribution in [2.24, 2.45) is 0 Å². The Labute approximate surface area is 108 Å². The maximum Gasteiger partial charge on any atom is 0.354 e. The van der Waals surface area contributed by atoms with Gasteiger partial charge in [0.15, 0.2) is 5.13 Å². The van der Waals surface area contributed by atoms with Crippen LogP contribution in [0.2, 0.25) is 0 Å². The van der Waals surface area contributed by atoms with E-state index in [1.807, 2.05) is 0 Å². The minimum Gasteiger partial charge on any atom is -0.477 e. The number of aromatic carboxylic acids is 1. The number of nitrogens with zero attached hydrogens (tertiary/aromatic N) is 3. The Bertz CT molecular complexity index is 590. The molecule has 0 bridgehead atoms. The Kier molecular flexibility index (Phi) is 2.87. The number of piperidine rings is 1. The van der Waals surface area contributed by atoms with E-state index >= 15 is 0 Å². The predicted molar refractivity (Wildman–Crippen MR) is 70.4 cm³/mol. The van der Waals surface area contributed by atoms with Gasteiger partial charge in [0.1, 0.15) is 11.2 Å². The fourth-order valence-electron chi connectivity index (χ4n) is 2.16. The van der Waals surface area contributed by atoms with Crippen molar-refractivity contribution in [2.75, 3.05) is 18.0 Å². The van der Waals surface area contributed by atoms with E-state index in [1.165, 1.54) is 19.3 Å². The molecule has 3 heterocycles. The average Bonchev–Trinajstić information content (AvgIpc) is 2.82. The molecule has 1 N–H and O–H groups in total. The van der Waals surface area contributed by atoms with Gasteiger partial charge in [-0.2, -0.15) is 0 Å². The summed E-state index contributed by atoms with van der Waals surface area (Å²) in [5.74, 6) is -0.996. The van der Waals surface area contributed by atoms with Gasteiger partial charge in [-0.1, -0.05) is 11.3 Å². The molecule has 0 amide bonds. The van der Waals surface area contributed by atoms with Gasteiger partial charge in [-0.15, -0.1) is 0 Å². The Morgan fingerprint density at radius 1 is 1.33 bits per heavy atom. The lowest BCUT2D eigenvalue weighted by Gasteiger charge is -2.25. The lowest BCUT2D eigenvalue weighted by molar-refractivity contribution is 0.0691. The van der Waals surface area contributed by atoms with Crippen molar-refractivity contribution in [1.82, 2.24) is 9.97 Å². The number of carbonyl (C=O) groups is 1. The minimum atomic E-state index is -0.996. The third kappa shape index (κ3) is 2.03. The van der Waals surface area contributed by atoms with E-state index in [9.17, 15) is 4.79 Å². The second-order valence-corrected chi connectivity index (χ2v) is 5.40. The number of hydrogen-bond acceptors (Lipinski definition) is 5. The predicted octanol–water partition coefficient (Wildman–Crippen LogP) is 2.38. The lowest BCUT2D eigenvalue weighted by Crippen LogP contribution is -2.29. The monoisotopic (exact) mass is 263 g/mol. The molecule has 18 heavy (non-hydrogen) atoms. The zero-order chi connectivity index (χ0) is 12.5. The number of anilines is 1. The second-order valence-electron chi connectivity index (χ2n) is 4.39. The SMILES string of the molecule is O=C(O)c1cc2sc(N3CCCCC3)nc2cn1. The molecule has 0 radical (unpaired) electrons. The number of carboxylic acid groups (broad SMARTS) is 1.